The van der Waals surface area contributed by atoms with E-state index >= 15 is 0 Å². The topological polar surface area (TPSA) is 91.8 Å². The second-order valence-electron chi connectivity index (χ2n) is 7.48. The number of carbonyl (C=O) groups excluding carboxylic acids is 3. The number of carbonyl (C=O) groups is 3. The quantitative estimate of drug-likeness (QED) is 0.424. The summed E-state index contributed by atoms with van der Waals surface area (Å²) in [6, 6.07) is 5.73. The van der Waals surface area contributed by atoms with E-state index in [4.69, 9.17) is 0 Å². The lowest BCUT2D eigenvalue weighted by molar-refractivity contribution is -0.139. The third-order valence-electron chi connectivity index (χ3n) is 5.78. The molecule has 0 saturated carbocycles. The van der Waals surface area contributed by atoms with Crippen LogP contribution in [-0.2, 0) is 19.6 Å². The van der Waals surface area contributed by atoms with Crippen LogP contribution >= 0.6 is 0 Å². The molecule has 0 bridgehead atoms. The molecule has 8 heteroatoms. The Bertz CT molecular complexity index is 919. The molecule has 3 aliphatic rings. The van der Waals surface area contributed by atoms with Crippen molar-refractivity contribution in [2.24, 2.45) is 11.8 Å². The van der Waals surface area contributed by atoms with Gasteiger partial charge in [0.15, 0.2) is 5.78 Å². The van der Waals surface area contributed by atoms with Gasteiger partial charge < -0.3 is 0 Å². The minimum absolute atomic E-state index is 0.149. The fourth-order valence-electron chi connectivity index (χ4n) is 4.15. The van der Waals surface area contributed by atoms with Gasteiger partial charge in [-0.15, -0.1) is 0 Å². The minimum atomic E-state index is -3.54. The highest BCUT2D eigenvalue weighted by molar-refractivity contribution is 7.89. The van der Waals surface area contributed by atoms with E-state index in [1.54, 1.807) is 0 Å². The van der Waals surface area contributed by atoms with Crippen LogP contribution in [0.2, 0.25) is 0 Å². The first-order valence-electron chi connectivity index (χ1n) is 9.53. The number of fused-ring (bicyclic) bond motifs is 1. The van der Waals surface area contributed by atoms with Gasteiger partial charge in [-0.2, -0.15) is 4.31 Å². The van der Waals surface area contributed by atoms with Gasteiger partial charge in [0.25, 0.3) is 0 Å². The van der Waals surface area contributed by atoms with Gasteiger partial charge in [0.1, 0.15) is 0 Å². The summed E-state index contributed by atoms with van der Waals surface area (Å²) in [5, 5.41) is 0. The summed E-state index contributed by atoms with van der Waals surface area (Å²) in [6.45, 7) is 0.724. The standard InChI is InChI=1S/C20H22N2O5S/c23-18(13-22-19(24)16-5-1-2-6-17(16)20(22)25)14-7-9-15(10-8-14)28(26,27)21-11-3-4-12-21/h1-2,7-10,16-17H,3-6,11-13H2/t16-,17-/m0/s1. The zero-order chi connectivity index (χ0) is 19.9. The lowest BCUT2D eigenvalue weighted by Gasteiger charge is -2.16. The Balaban J connectivity index is 1.47. The monoisotopic (exact) mass is 402 g/mol. The summed E-state index contributed by atoms with van der Waals surface area (Å²) in [6.07, 6.45) is 6.57. The maximum Gasteiger partial charge on any atom is 0.243 e. The second-order valence-corrected chi connectivity index (χ2v) is 9.42. The zero-order valence-corrected chi connectivity index (χ0v) is 16.2. The number of ketones is 1. The van der Waals surface area contributed by atoms with Crippen molar-refractivity contribution >= 4 is 27.6 Å². The molecule has 2 atom stereocenters. The molecule has 2 saturated heterocycles. The van der Waals surface area contributed by atoms with Crippen molar-refractivity contribution < 1.29 is 22.8 Å². The number of likely N-dealkylation sites (tertiary alicyclic amines) is 1. The molecule has 4 rings (SSSR count). The number of imide groups is 1. The zero-order valence-electron chi connectivity index (χ0n) is 15.4. The van der Waals surface area contributed by atoms with E-state index < -0.39 is 10.0 Å². The lowest BCUT2D eigenvalue weighted by Crippen LogP contribution is -2.36. The van der Waals surface area contributed by atoms with E-state index in [0.29, 0.717) is 25.9 Å². The summed E-state index contributed by atoms with van der Waals surface area (Å²) < 4.78 is 26.6. The lowest BCUT2D eigenvalue weighted by atomic mass is 9.85. The fraction of sp³-hybridized carbons (Fsp3) is 0.450. The molecule has 0 N–H and O–H groups in total. The Morgan fingerprint density at radius 3 is 2.00 bits per heavy atom. The highest BCUT2D eigenvalue weighted by Gasteiger charge is 2.47. The number of benzene rings is 1. The van der Waals surface area contributed by atoms with E-state index in [9.17, 15) is 22.8 Å². The van der Waals surface area contributed by atoms with Gasteiger partial charge >= 0.3 is 0 Å². The third-order valence-corrected chi connectivity index (χ3v) is 7.69. The molecule has 2 fully saturated rings. The molecule has 2 heterocycles. The van der Waals surface area contributed by atoms with Gasteiger partial charge in [-0.25, -0.2) is 8.42 Å². The largest absolute Gasteiger partial charge is 0.292 e. The number of amides is 2. The molecule has 0 unspecified atom stereocenters. The molecule has 1 aromatic carbocycles. The van der Waals surface area contributed by atoms with Crippen molar-refractivity contribution in [2.75, 3.05) is 19.6 Å². The van der Waals surface area contributed by atoms with E-state index in [0.717, 1.165) is 17.7 Å². The molecular weight excluding hydrogens is 380 g/mol. The summed E-state index contributed by atoms with van der Waals surface area (Å²) >= 11 is 0. The highest BCUT2D eigenvalue weighted by atomic mass is 32.2. The van der Waals surface area contributed by atoms with E-state index in [-0.39, 0.29) is 46.4 Å². The maximum absolute atomic E-state index is 12.6. The number of sulfonamides is 1. The van der Waals surface area contributed by atoms with Crippen molar-refractivity contribution in [1.82, 2.24) is 9.21 Å². The van der Waals surface area contributed by atoms with Gasteiger partial charge in [0, 0.05) is 18.7 Å². The van der Waals surface area contributed by atoms with Gasteiger partial charge in [-0.05, 0) is 49.9 Å². The van der Waals surface area contributed by atoms with Gasteiger partial charge in [-0.3, -0.25) is 19.3 Å². The molecular formula is C20H22N2O5S. The molecule has 2 amide bonds. The van der Waals surface area contributed by atoms with Gasteiger partial charge in [-0.1, -0.05) is 12.2 Å². The highest BCUT2D eigenvalue weighted by Crippen LogP contribution is 2.35. The van der Waals surface area contributed by atoms with Crippen LogP contribution in [0.4, 0.5) is 0 Å². The van der Waals surface area contributed by atoms with Crippen molar-refractivity contribution in [3.8, 4) is 0 Å². The predicted molar refractivity (Wildman–Crippen MR) is 101 cm³/mol. The van der Waals surface area contributed by atoms with Crippen LogP contribution in [0.3, 0.4) is 0 Å². The third kappa shape index (κ3) is 3.20. The van der Waals surface area contributed by atoms with Crippen LogP contribution in [0.1, 0.15) is 36.0 Å². The van der Waals surface area contributed by atoms with Crippen LogP contribution < -0.4 is 0 Å². The Morgan fingerprint density at radius 2 is 1.46 bits per heavy atom. The van der Waals surface area contributed by atoms with Crippen LogP contribution in [0.5, 0.6) is 0 Å². The SMILES string of the molecule is O=C(CN1C(=O)[C@H]2CC=CC[C@@H]2C1=O)c1ccc(S(=O)(=O)N2CCCC2)cc1. The number of hydrogen-bond donors (Lipinski definition) is 0. The minimum Gasteiger partial charge on any atom is -0.292 e. The first kappa shape index (κ1) is 19.0. The number of nitrogens with zero attached hydrogens (tertiary/aromatic N) is 2. The van der Waals surface area contributed by atoms with Crippen LogP contribution in [0.25, 0.3) is 0 Å². The van der Waals surface area contributed by atoms with E-state index in [1.807, 2.05) is 12.2 Å². The van der Waals surface area contributed by atoms with E-state index in [2.05, 4.69) is 0 Å². The maximum atomic E-state index is 12.6. The van der Waals surface area contributed by atoms with Crippen LogP contribution in [-0.4, -0.2) is 54.9 Å². The number of allylic oxidation sites excluding steroid dienone is 2. The molecule has 28 heavy (non-hydrogen) atoms. The normalized spacial score (nSPS) is 25.4. The molecule has 0 aromatic heterocycles. The molecule has 2 aliphatic heterocycles. The summed E-state index contributed by atoms with van der Waals surface area (Å²) in [5.41, 5.74) is 0.286. The van der Waals surface area contributed by atoms with Crippen molar-refractivity contribution in [2.45, 2.75) is 30.6 Å². The fourth-order valence-corrected chi connectivity index (χ4v) is 5.67. The molecule has 1 aliphatic carbocycles. The summed E-state index contributed by atoms with van der Waals surface area (Å²) in [5.74, 6) is -1.68. The molecule has 0 radical (unpaired) electrons. The Labute approximate surface area is 164 Å². The van der Waals surface area contributed by atoms with Gasteiger partial charge in [0.05, 0.1) is 23.3 Å². The van der Waals surface area contributed by atoms with Crippen molar-refractivity contribution in [1.29, 1.82) is 0 Å². The average molecular weight is 402 g/mol. The molecule has 148 valence electrons. The Hall–Kier alpha value is -2.32. The predicted octanol–water partition coefficient (Wildman–Crippen LogP) is 1.60. The molecule has 1 aromatic rings. The first-order chi connectivity index (χ1) is 13.4. The summed E-state index contributed by atoms with van der Waals surface area (Å²) in [7, 11) is -3.54. The van der Waals surface area contributed by atoms with Gasteiger partial charge in [0.2, 0.25) is 21.8 Å². The molecule has 0 spiro atoms. The number of rotatable bonds is 5. The Morgan fingerprint density at radius 1 is 0.929 bits per heavy atom. The van der Waals surface area contributed by atoms with E-state index in [1.165, 1.54) is 28.6 Å². The number of hydrogen-bond acceptors (Lipinski definition) is 5. The average Bonchev–Trinajstić information content (AvgIpc) is 3.33. The number of Topliss-reactive ketones (excluding diaryl/α,β-unsaturated/α-hetero) is 1. The summed E-state index contributed by atoms with van der Waals surface area (Å²) in [4.78, 5) is 38.8. The Kier molecular flexibility index (Phi) is 4.93. The first-order valence-corrected chi connectivity index (χ1v) is 11.0. The van der Waals surface area contributed by atoms with Crippen LogP contribution in [0, 0.1) is 11.8 Å². The van der Waals surface area contributed by atoms with Crippen LogP contribution in [0.15, 0.2) is 41.3 Å². The van der Waals surface area contributed by atoms with Crippen molar-refractivity contribution in [3.05, 3.63) is 42.0 Å². The molecule has 7 nitrogen and oxygen atoms in total. The second kappa shape index (κ2) is 7.25. The smallest absolute Gasteiger partial charge is 0.243 e. The van der Waals surface area contributed by atoms with Crippen molar-refractivity contribution in [3.63, 3.8) is 0 Å².